The lowest BCUT2D eigenvalue weighted by atomic mass is 9.97. The molecule has 0 radical (unpaired) electrons. The molecule has 0 aliphatic heterocycles. The van der Waals surface area contributed by atoms with Crippen LogP contribution in [0.3, 0.4) is 0 Å². The highest BCUT2D eigenvalue weighted by Gasteiger charge is 2.17. The van der Waals surface area contributed by atoms with Gasteiger partial charge in [-0.15, -0.1) is 0 Å². The van der Waals surface area contributed by atoms with Crippen molar-refractivity contribution >= 4 is 21.8 Å². The molecule has 0 aliphatic carbocycles. The van der Waals surface area contributed by atoms with Gasteiger partial charge in [0.05, 0.1) is 12.8 Å². The first-order valence-corrected chi connectivity index (χ1v) is 9.47. The molecule has 4 rings (SSSR count). The highest BCUT2D eigenvalue weighted by Crippen LogP contribution is 2.38. The van der Waals surface area contributed by atoms with E-state index in [-0.39, 0.29) is 0 Å². The minimum absolute atomic E-state index is 0.728. The predicted octanol–water partition coefficient (Wildman–Crippen LogP) is 4.98. The number of hydrogen-bond acceptors (Lipinski definition) is 3. The largest absolute Gasteiger partial charge is 0.494 e. The highest BCUT2D eigenvalue weighted by molar-refractivity contribution is 6.01. The van der Waals surface area contributed by atoms with Crippen LogP contribution >= 0.6 is 0 Å². The van der Waals surface area contributed by atoms with E-state index < -0.39 is 0 Å². The van der Waals surface area contributed by atoms with Gasteiger partial charge in [0.15, 0.2) is 0 Å². The zero-order chi connectivity index (χ0) is 18.8. The molecular formula is C23H25N3O. The lowest BCUT2D eigenvalue weighted by molar-refractivity contribution is 0.419. The summed E-state index contributed by atoms with van der Waals surface area (Å²) in [5.74, 6) is 0.798. The van der Waals surface area contributed by atoms with E-state index in [2.05, 4.69) is 47.2 Å². The number of H-pyrrole nitrogens is 1. The summed E-state index contributed by atoms with van der Waals surface area (Å²) in [5.41, 5.74) is 12.8. The lowest BCUT2D eigenvalue weighted by Gasteiger charge is -2.11. The second kappa shape index (κ2) is 7.41. The fourth-order valence-corrected chi connectivity index (χ4v) is 3.89. The summed E-state index contributed by atoms with van der Waals surface area (Å²) in [6, 6.07) is 14.7. The Morgan fingerprint density at radius 1 is 1.04 bits per heavy atom. The molecule has 4 heteroatoms. The van der Waals surface area contributed by atoms with E-state index in [0.717, 1.165) is 48.0 Å². The third-order valence-electron chi connectivity index (χ3n) is 5.25. The van der Waals surface area contributed by atoms with Crippen LogP contribution in [0.2, 0.25) is 0 Å². The zero-order valence-electron chi connectivity index (χ0n) is 15.9. The monoisotopic (exact) mass is 359 g/mol. The van der Waals surface area contributed by atoms with Gasteiger partial charge < -0.3 is 15.5 Å². The third kappa shape index (κ3) is 3.06. The number of pyridine rings is 1. The normalized spacial score (nSPS) is 11.4. The molecule has 0 unspecified atom stereocenters. The Hall–Kier alpha value is -2.85. The molecule has 0 aliphatic rings. The Morgan fingerprint density at radius 3 is 2.70 bits per heavy atom. The molecule has 0 saturated heterocycles. The molecule has 4 nitrogen and oxygen atoms in total. The number of nitrogens with zero attached hydrogens (tertiary/aromatic N) is 1. The molecule has 0 saturated carbocycles. The Kier molecular flexibility index (Phi) is 4.82. The maximum atomic E-state index is 5.73. The molecule has 3 N–H and O–H groups in total. The van der Waals surface area contributed by atoms with Crippen LogP contribution in [0.4, 0.5) is 0 Å². The van der Waals surface area contributed by atoms with Gasteiger partial charge in [-0.3, -0.25) is 4.98 Å². The summed E-state index contributed by atoms with van der Waals surface area (Å²) < 4.78 is 5.52. The van der Waals surface area contributed by atoms with Gasteiger partial charge in [-0.25, -0.2) is 0 Å². The molecule has 0 fully saturated rings. The number of aromatic nitrogens is 2. The summed E-state index contributed by atoms with van der Waals surface area (Å²) >= 11 is 0. The first-order valence-electron chi connectivity index (χ1n) is 9.47. The van der Waals surface area contributed by atoms with E-state index in [1.54, 1.807) is 7.11 Å². The van der Waals surface area contributed by atoms with Crippen molar-refractivity contribution in [2.24, 2.45) is 5.73 Å². The van der Waals surface area contributed by atoms with Crippen LogP contribution in [-0.2, 0) is 6.42 Å². The quantitative estimate of drug-likeness (QED) is 0.477. The maximum Gasteiger partial charge on any atom is 0.145 e. The average molecular weight is 359 g/mol. The van der Waals surface area contributed by atoms with Crippen molar-refractivity contribution in [1.82, 2.24) is 9.97 Å². The van der Waals surface area contributed by atoms with Crippen LogP contribution in [0.25, 0.3) is 33.1 Å². The molecule has 0 spiro atoms. The van der Waals surface area contributed by atoms with E-state index in [1.807, 2.05) is 18.3 Å². The van der Waals surface area contributed by atoms with Gasteiger partial charge >= 0.3 is 0 Å². The number of nitrogens with two attached hydrogens (primary N) is 1. The number of hydrogen-bond donors (Lipinski definition) is 2. The number of rotatable bonds is 6. The Labute approximate surface area is 159 Å². The van der Waals surface area contributed by atoms with Crippen molar-refractivity contribution in [3.8, 4) is 17.0 Å². The minimum Gasteiger partial charge on any atom is -0.494 e. The molecule has 0 amide bonds. The van der Waals surface area contributed by atoms with Gasteiger partial charge in [-0.1, -0.05) is 24.3 Å². The average Bonchev–Trinajstić information content (AvgIpc) is 3.07. The predicted molar refractivity (Wildman–Crippen MR) is 112 cm³/mol. The molecule has 2 aromatic heterocycles. The van der Waals surface area contributed by atoms with Crippen LogP contribution in [0, 0.1) is 6.92 Å². The number of fused-ring (bicyclic) bond motifs is 2. The van der Waals surface area contributed by atoms with Gasteiger partial charge in [0, 0.05) is 28.0 Å². The molecule has 27 heavy (non-hydrogen) atoms. The minimum atomic E-state index is 0.728. The number of nitrogens with one attached hydrogen (secondary N) is 1. The maximum absolute atomic E-state index is 5.73. The summed E-state index contributed by atoms with van der Waals surface area (Å²) in [5, 5.41) is 2.40. The van der Waals surface area contributed by atoms with E-state index >= 15 is 0 Å². The van der Waals surface area contributed by atoms with Crippen molar-refractivity contribution in [3.05, 3.63) is 59.8 Å². The zero-order valence-corrected chi connectivity index (χ0v) is 15.9. The van der Waals surface area contributed by atoms with Crippen molar-refractivity contribution in [1.29, 1.82) is 0 Å². The summed E-state index contributed by atoms with van der Waals surface area (Å²) in [7, 11) is 1.69. The lowest BCUT2D eigenvalue weighted by Crippen LogP contribution is -1.99. The summed E-state index contributed by atoms with van der Waals surface area (Å²) in [6.07, 6.45) is 4.93. The van der Waals surface area contributed by atoms with E-state index in [0.29, 0.717) is 0 Å². The SMILES string of the molecule is COc1ccc(-c2[nH]c3c(C)cccc3c2CCCCN)c2cccnc12. The third-order valence-corrected chi connectivity index (χ3v) is 5.25. The van der Waals surface area contributed by atoms with E-state index in [9.17, 15) is 0 Å². The number of para-hydroxylation sites is 1. The topological polar surface area (TPSA) is 63.9 Å². The molecule has 0 atom stereocenters. The fourth-order valence-electron chi connectivity index (χ4n) is 3.89. The molecule has 2 heterocycles. The number of ether oxygens (including phenoxy) is 1. The van der Waals surface area contributed by atoms with E-state index in [4.69, 9.17) is 10.5 Å². The van der Waals surface area contributed by atoms with Crippen LogP contribution in [0.1, 0.15) is 24.0 Å². The van der Waals surface area contributed by atoms with Crippen molar-refractivity contribution in [2.75, 3.05) is 13.7 Å². The number of aryl methyl sites for hydroxylation is 2. The van der Waals surface area contributed by atoms with Crippen molar-refractivity contribution in [2.45, 2.75) is 26.2 Å². The number of benzene rings is 2. The van der Waals surface area contributed by atoms with Gasteiger partial charge in [-0.05, 0) is 62.1 Å². The molecular weight excluding hydrogens is 334 g/mol. The van der Waals surface area contributed by atoms with E-state index in [1.165, 1.54) is 27.7 Å². The first kappa shape index (κ1) is 17.6. The Morgan fingerprint density at radius 2 is 1.89 bits per heavy atom. The number of methoxy groups -OCH3 is 1. The van der Waals surface area contributed by atoms with Gasteiger partial charge in [0.1, 0.15) is 11.3 Å². The Bertz CT molecular complexity index is 1100. The fraction of sp³-hybridized carbons (Fsp3) is 0.261. The number of aromatic amines is 1. The van der Waals surface area contributed by atoms with Gasteiger partial charge in [-0.2, -0.15) is 0 Å². The van der Waals surface area contributed by atoms with Crippen molar-refractivity contribution < 1.29 is 4.74 Å². The molecule has 2 aromatic carbocycles. The van der Waals surface area contributed by atoms with Crippen LogP contribution in [0.5, 0.6) is 5.75 Å². The standard InChI is InChI=1S/C23H25N3O/c1-15-7-5-9-16-17(8-3-4-13-24)22(26-21(15)16)19-11-12-20(27-2)23-18(19)10-6-14-25-23/h5-7,9-12,14,26H,3-4,8,13,24H2,1-2H3. The number of unbranched alkanes of at least 4 members (excludes halogenated alkanes) is 1. The van der Waals surface area contributed by atoms with Gasteiger partial charge in [0.25, 0.3) is 0 Å². The molecule has 4 aromatic rings. The highest BCUT2D eigenvalue weighted by atomic mass is 16.5. The second-order valence-electron chi connectivity index (χ2n) is 6.94. The van der Waals surface area contributed by atoms with Crippen molar-refractivity contribution in [3.63, 3.8) is 0 Å². The smallest absolute Gasteiger partial charge is 0.145 e. The summed E-state index contributed by atoms with van der Waals surface area (Å²) in [6.45, 7) is 2.88. The second-order valence-corrected chi connectivity index (χ2v) is 6.94. The van der Waals surface area contributed by atoms with Gasteiger partial charge in [0.2, 0.25) is 0 Å². The van der Waals surface area contributed by atoms with Crippen LogP contribution in [0.15, 0.2) is 48.7 Å². The van der Waals surface area contributed by atoms with Crippen LogP contribution < -0.4 is 10.5 Å². The first-order chi connectivity index (χ1) is 13.2. The molecule has 0 bridgehead atoms. The summed E-state index contributed by atoms with van der Waals surface area (Å²) in [4.78, 5) is 8.26. The Balaban J connectivity index is 1.97. The van der Waals surface area contributed by atoms with Crippen LogP contribution in [-0.4, -0.2) is 23.6 Å². The molecule has 138 valence electrons.